The largest absolute Gasteiger partial charge is 0.461 e. The SMILES string of the molecule is CC(C)(CCCN(CCCC(C)(C)C1CC(=O)O1)C(N)=S)C1CC(=O)O1. The van der Waals surface area contributed by atoms with E-state index in [0.29, 0.717) is 18.0 Å². The Kier molecular flexibility index (Phi) is 6.53. The Balaban J connectivity index is 1.70. The number of hydrogen-bond donors (Lipinski definition) is 1. The van der Waals surface area contributed by atoms with E-state index in [0.717, 1.165) is 38.8 Å². The second-order valence-electron chi connectivity index (χ2n) is 8.87. The van der Waals surface area contributed by atoms with Crippen LogP contribution in [0.2, 0.25) is 0 Å². The molecule has 2 fully saturated rings. The minimum absolute atomic E-state index is 0.0219. The average molecular weight is 385 g/mol. The number of carbonyl (C=O) groups is 2. The molecule has 0 amide bonds. The summed E-state index contributed by atoms with van der Waals surface area (Å²) >= 11 is 5.20. The van der Waals surface area contributed by atoms with E-state index >= 15 is 0 Å². The van der Waals surface area contributed by atoms with E-state index in [1.165, 1.54) is 0 Å². The van der Waals surface area contributed by atoms with E-state index < -0.39 is 0 Å². The highest BCUT2D eigenvalue weighted by molar-refractivity contribution is 7.80. The maximum absolute atomic E-state index is 11.0. The van der Waals surface area contributed by atoms with Crippen LogP contribution in [0.25, 0.3) is 0 Å². The molecule has 2 rings (SSSR count). The zero-order valence-electron chi connectivity index (χ0n) is 16.4. The number of thiocarbonyl (C=S) groups is 1. The number of ether oxygens (including phenoxy) is 2. The Morgan fingerprint density at radius 2 is 1.35 bits per heavy atom. The second kappa shape index (κ2) is 8.11. The number of nitrogens with zero attached hydrogens (tertiary/aromatic N) is 1. The summed E-state index contributed by atoms with van der Waals surface area (Å²) < 4.78 is 10.4. The van der Waals surface area contributed by atoms with Gasteiger partial charge in [-0.05, 0) is 37.9 Å². The predicted molar refractivity (Wildman–Crippen MR) is 103 cm³/mol. The zero-order chi connectivity index (χ0) is 19.5. The van der Waals surface area contributed by atoms with Crippen molar-refractivity contribution in [2.45, 2.75) is 78.4 Å². The minimum Gasteiger partial charge on any atom is -0.461 e. The third-order valence-corrected chi connectivity index (χ3v) is 6.06. The molecule has 2 atom stereocenters. The first-order chi connectivity index (χ1) is 12.0. The van der Waals surface area contributed by atoms with E-state index in [2.05, 4.69) is 27.7 Å². The van der Waals surface area contributed by atoms with Gasteiger partial charge in [0, 0.05) is 23.9 Å². The molecule has 0 aromatic rings. The molecule has 26 heavy (non-hydrogen) atoms. The second-order valence-corrected chi connectivity index (χ2v) is 9.29. The van der Waals surface area contributed by atoms with Gasteiger partial charge < -0.3 is 20.1 Å². The molecule has 2 aliphatic heterocycles. The highest BCUT2D eigenvalue weighted by Crippen LogP contribution is 2.37. The molecule has 2 N–H and O–H groups in total. The Labute approximate surface area is 161 Å². The molecule has 0 aromatic carbocycles. The zero-order valence-corrected chi connectivity index (χ0v) is 17.2. The summed E-state index contributed by atoms with van der Waals surface area (Å²) in [7, 11) is 0. The molecule has 0 radical (unpaired) electrons. The maximum Gasteiger partial charge on any atom is 0.309 e. The Bertz CT molecular complexity index is 504. The van der Waals surface area contributed by atoms with Gasteiger partial charge in [-0.1, -0.05) is 27.7 Å². The van der Waals surface area contributed by atoms with Crippen LogP contribution in [0.4, 0.5) is 0 Å². The van der Waals surface area contributed by atoms with Crippen molar-refractivity contribution in [3.63, 3.8) is 0 Å². The standard InChI is InChI=1S/C19H32N2O4S/c1-18(2,13-11-15(22)24-13)7-5-9-21(17(20)26)10-6-8-19(3,4)14-12-16(23)25-14/h13-14H,5-12H2,1-4H3,(H2,20,26). The number of cyclic esters (lactones) is 2. The number of esters is 2. The van der Waals surface area contributed by atoms with Gasteiger partial charge in [-0.3, -0.25) is 9.59 Å². The van der Waals surface area contributed by atoms with Crippen molar-refractivity contribution >= 4 is 29.3 Å². The van der Waals surface area contributed by atoms with Crippen molar-refractivity contribution in [2.24, 2.45) is 16.6 Å². The fourth-order valence-corrected chi connectivity index (χ4v) is 3.76. The molecule has 0 bridgehead atoms. The van der Waals surface area contributed by atoms with Crippen LogP contribution >= 0.6 is 12.2 Å². The molecule has 7 heteroatoms. The van der Waals surface area contributed by atoms with Crippen LogP contribution in [0.3, 0.4) is 0 Å². The molecule has 2 aliphatic rings. The van der Waals surface area contributed by atoms with Gasteiger partial charge in [0.25, 0.3) is 0 Å². The smallest absolute Gasteiger partial charge is 0.309 e. The van der Waals surface area contributed by atoms with Crippen molar-refractivity contribution in [3.8, 4) is 0 Å². The van der Waals surface area contributed by atoms with Crippen LogP contribution in [-0.4, -0.2) is 47.2 Å². The molecule has 0 aliphatic carbocycles. The van der Waals surface area contributed by atoms with Gasteiger partial charge in [-0.2, -0.15) is 0 Å². The van der Waals surface area contributed by atoms with E-state index in [4.69, 9.17) is 27.4 Å². The monoisotopic (exact) mass is 384 g/mol. The Hall–Kier alpha value is -1.37. The summed E-state index contributed by atoms with van der Waals surface area (Å²) in [6.07, 6.45) is 4.89. The molecule has 0 aromatic heterocycles. The van der Waals surface area contributed by atoms with E-state index in [-0.39, 0.29) is 35.0 Å². The fourth-order valence-electron chi connectivity index (χ4n) is 3.58. The molecule has 2 unspecified atom stereocenters. The first-order valence-electron chi connectivity index (χ1n) is 9.44. The van der Waals surface area contributed by atoms with Crippen molar-refractivity contribution in [1.29, 1.82) is 0 Å². The van der Waals surface area contributed by atoms with Crippen LogP contribution in [-0.2, 0) is 19.1 Å². The first-order valence-corrected chi connectivity index (χ1v) is 9.85. The van der Waals surface area contributed by atoms with Crippen molar-refractivity contribution in [3.05, 3.63) is 0 Å². The normalized spacial score (nSPS) is 22.8. The third kappa shape index (κ3) is 5.32. The molecule has 2 heterocycles. The highest BCUT2D eigenvalue weighted by Gasteiger charge is 2.41. The Morgan fingerprint density at radius 3 is 1.62 bits per heavy atom. The lowest BCUT2D eigenvalue weighted by molar-refractivity contribution is -0.182. The van der Waals surface area contributed by atoms with Crippen molar-refractivity contribution < 1.29 is 19.1 Å². The third-order valence-electron chi connectivity index (χ3n) is 5.80. The Morgan fingerprint density at radius 1 is 1.00 bits per heavy atom. The summed E-state index contributed by atoms with van der Waals surface area (Å²) in [5, 5.41) is 0.422. The van der Waals surface area contributed by atoms with Crippen LogP contribution < -0.4 is 5.73 Å². The quantitative estimate of drug-likeness (QED) is 0.458. The highest BCUT2D eigenvalue weighted by atomic mass is 32.1. The molecular formula is C19H32N2O4S. The summed E-state index contributed by atoms with van der Waals surface area (Å²) in [5.74, 6) is -0.208. The lowest BCUT2D eigenvalue weighted by Crippen LogP contribution is -2.45. The van der Waals surface area contributed by atoms with E-state index in [9.17, 15) is 9.59 Å². The molecule has 0 spiro atoms. The van der Waals surface area contributed by atoms with E-state index in [1.54, 1.807) is 0 Å². The van der Waals surface area contributed by atoms with Crippen LogP contribution in [0.15, 0.2) is 0 Å². The van der Waals surface area contributed by atoms with Gasteiger partial charge >= 0.3 is 11.9 Å². The van der Waals surface area contributed by atoms with Gasteiger partial charge in [0.05, 0.1) is 12.8 Å². The molecule has 2 saturated heterocycles. The van der Waals surface area contributed by atoms with Crippen molar-refractivity contribution in [1.82, 2.24) is 4.90 Å². The summed E-state index contributed by atoms with van der Waals surface area (Å²) in [4.78, 5) is 24.1. The van der Waals surface area contributed by atoms with Crippen LogP contribution in [0.1, 0.15) is 66.2 Å². The lowest BCUT2D eigenvalue weighted by atomic mass is 9.78. The molecule has 148 valence electrons. The number of nitrogens with two attached hydrogens (primary N) is 1. The number of hydrogen-bond acceptors (Lipinski definition) is 5. The molecule has 0 saturated carbocycles. The predicted octanol–water partition coefficient (Wildman–Crippen LogP) is 2.78. The van der Waals surface area contributed by atoms with Crippen LogP contribution in [0.5, 0.6) is 0 Å². The molecule has 6 nitrogen and oxygen atoms in total. The number of carbonyl (C=O) groups excluding carboxylic acids is 2. The van der Waals surface area contributed by atoms with Gasteiger partial charge in [0.15, 0.2) is 5.11 Å². The fraction of sp³-hybridized carbons (Fsp3) is 0.842. The number of rotatable bonds is 10. The topological polar surface area (TPSA) is 81.9 Å². The van der Waals surface area contributed by atoms with Crippen molar-refractivity contribution in [2.75, 3.05) is 13.1 Å². The van der Waals surface area contributed by atoms with Gasteiger partial charge in [-0.25, -0.2) is 0 Å². The summed E-state index contributed by atoms with van der Waals surface area (Å²) in [6.45, 7) is 10.2. The van der Waals surface area contributed by atoms with Crippen LogP contribution in [0, 0.1) is 10.8 Å². The first kappa shape index (κ1) is 20.9. The minimum atomic E-state index is -0.104. The van der Waals surface area contributed by atoms with Gasteiger partial charge in [0.2, 0.25) is 0 Å². The average Bonchev–Trinajstić information content (AvgIpc) is 2.46. The summed E-state index contributed by atoms with van der Waals surface area (Å²) in [5.41, 5.74) is 5.84. The maximum atomic E-state index is 11.0. The summed E-state index contributed by atoms with van der Waals surface area (Å²) in [6, 6.07) is 0. The molecular weight excluding hydrogens is 352 g/mol. The lowest BCUT2D eigenvalue weighted by Gasteiger charge is -2.40. The van der Waals surface area contributed by atoms with Gasteiger partial charge in [-0.15, -0.1) is 0 Å². The van der Waals surface area contributed by atoms with Gasteiger partial charge in [0.1, 0.15) is 12.2 Å². The van der Waals surface area contributed by atoms with E-state index in [1.807, 2.05) is 4.90 Å².